The molecule has 0 spiro atoms. The van der Waals surface area contributed by atoms with Crippen LogP contribution in [0.5, 0.6) is 0 Å². The molecule has 0 atom stereocenters. The van der Waals surface area contributed by atoms with Gasteiger partial charge in [-0.25, -0.2) is 18.4 Å². The van der Waals surface area contributed by atoms with E-state index in [2.05, 4.69) is 15.3 Å². The molecule has 0 unspecified atom stereocenters. The molecular formula is C13H19N3O3S. The molecule has 2 heterocycles. The Kier molecular flexibility index (Phi) is 3.64. The summed E-state index contributed by atoms with van der Waals surface area (Å²) < 4.78 is 22.8. The van der Waals surface area contributed by atoms with Crippen LogP contribution in [0.25, 0.3) is 0 Å². The fourth-order valence-corrected chi connectivity index (χ4v) is 4.24. The fraction of sp³-hybridized carbons (Fsp3) is 0.692. The van der Waals surface area contributed by atoms with Crippen LogP contribution < -0.4 is 5.32 Å². The monoisotopic (exact) mass is 297 g/mol. The third-order valence-corrected chi connectivity index (χ3v) is 5.84. The Morgan fingerprint density at radius 2 is 1.90 bits per heavy atom. The predicted molar refractivity (Wildman–Crippen MR) is 75.3 cm³/mol. The van der Waals surface area contributed by atoms with Gasteiger partial charge in [0.2, 0.25) is 0 Å². The molecule has 1 saturated heterocycles. The molecule has 6 nitrogen and oxygen atoms in total. The van der Waals surface area contributed by atoms with Gasteiger partial charge in [0.1, 0.15) is 22.0 Å². The number of nitrogens with zero attached hydrogens (tertiary/aromatic N) is 2. The first-order chi connectivity index (χ1) is 9.52. The summed E-state index contributed by atoms with van der Waals surface area (Å²) in [6.45, 7) is 0. The summed E-state index contributed by atoms with van der Waals surface area (Å²) >= 11 is 0. The average Bonchev–Trinajstić information content (AvgIpc) is 2.38. The lowest BCUT2D eigenvalue weighted by Gasteiger charge is -2.31. The molecule has 1 aromatic heterocycles. The SMILES string of the molecule is O=S1(=O)CCC(Nc2cc(C3CC(O)C3)ncn2)CC1. The van der Waals surface area contributed by atoms with E-state index in [1.54, 1.807) is 0 Å². The van der Waals surface area contributed by atoms with Gasteiger partial charge in [-0.2, -0.15) is 0 Å². The van der Waals surface area contributed by atoms with E-state index in [0.717, 1.165) is 24.4 Å². The fourth-order valence-electron chi connectivity index (χ4n) is 2.75. The highest BCUT2D eigenvalue weighted by Gasteiger charge is 2.30. The molecule has 2 fully saturated rings. The second-order valence-electron chi connectivity index (χ2n) is 5.72. The Morgan fingerprint density at radius 1 is 1.20 bits per heavy atom. The topological polar surface area (TPSA) is 92.2 Å². The predicted octanol–water partition coefficient (Wildman–Crippen LogP) is 0.704. The molecule has 0 radical (unpaired) electrons. The van der Waals surface area contributed by atoms with Crippen LogP contribution in [0, 0.1) is 0 Å². The minimum absolute atomic E-state index is 0.160. The van der Waals surface area contributed by atoms with E-state index in [0.29, 0.717) is 18.8 Å². The molecule has 1 saturated carbocycles. The summed E-state index contributed by atoms with van der Waals surface area (Å²) in [6, 6.07) is 2.08. The van der Waals surface area contributed by atoms with Crippen LogP contribution in [-0.4, -0.2) is 47.1 Å². The van der Waals surface area contributed by atoms with E-state index in [9.17, 15) is 13.5 Å². The normalized spacial score (nSPS) is 29.6. The van der Waals surface area contributed by atoms with Gasteiger partial charge in [0.05, 0.1) is 17.6 Å². The smallest absolute Gasteiger partial charge is 0.150 e. The largest absolute Gasteiger partial charge is 0.393 e. The first-order valence-corrected chi connectivity index (χ1v) is 8.81. The minimum atomic E-state index is -2.83. The molecule has 1 aliphatic heterocycles. The van der Waals surface area contributed by atoms with E-state index >= 15 is 0 Å². The van der Waals surface area contributed by atoms with E-state index in [4.69, 9.17) is 0 Å². The van der Waals surface area contributed by atoms with Crippen molar-refractivity contribution in [2.75, 3.05) is 16.8 Å². The van der Waals surface area contributed by atoms with Gasteiger partial charge in [-0.15, -0.1) is 0 Å². The molecule has 0 aromatic carbocycles. The summed E-state index contributed by atoms with van der Waals surface area (Å²) in [7, 11) is -2.83. The first-order valence-electron chi connectivity index (χ1n) is 6.99. The Morgan fingerprint density at radius 3 is 2.55 bits per heavy atom. The van der Waals surface area contributed by atoms with Gasteiger partial charge in [0.15, 0.2) is 0 Å². The lowest BCUT2D eigenvalue weighted by atomic mass is 9.80. The zero-order valence-corrected chi connectivity index (χ0v) is 12.0. The van der Waals surface area contributed by atoms with Gasteiger partial charge in [-0.05, 0) is 25.7 Å². The van der Waals surface area contributed by atoms with Gasteiger partial charge in [-0.3, -0.25) is 0 Å². The van der Waals surface area contributed by atoms with Crippen molar-refractivity contribution in [1.82, 2.24) is 9.97 Å². The highest BCUT2D eigenvalue weighted by atomic mass is 32.2. The zero-order chi connectivity index (χ0) is 14.2. The highest BCUT2D eigenvalue weighted by Crippen LogP contribution is 2.36. The van der Waals surface area contributed by atoms with E-state index in [1.807, 2.05) is 6.07 Å². The number of rotatable bonds is 3. The van der Waals surface area contributed by atoms with Crippen molar-refractivity contribution in [3.05, 3.63) is 18.1 Å². The maximum absolute atomic E-state index is 11.4. The third-order valence-electron chi connectivity index (χ3n) is 4.13. The lowest BCUT2D eigenvalue weighted by molar-refractivity contribution is 0.0732. The summed E-state index contributed by atoms with van der Waals surface area (Å²) in [5.74, 6) is 1.57. The van der Waals surface area contributed by atoms with Gasteiger partial charge >= 0.3 is 0 Å². The van der Waals surface area contributed by atoms with Gasteiger partial charge in [0.25, 0.3) is 0 Å². The second-order valence-corrected chi connectivity index (χ2v) is 8.02. The molecule has 0 bridgehead atoms. The maximum atomic E-state index is 11.4. The number of aromatic nitrogens is 2. The number of nitrogens with one attached hydrogen (secondary N) is 1. The van der Waals surface area contributed by atoms with E-state index in [-0.39, 0.29) is 23.7 Å². The summed E-state index contributed by atoms with van der Waals surface area (Å²) in [5, 5.41) is 12.6. The number of anilines is 1. The molecule has 20 heavy (non-hydrogen) atoms. The molecule has 1 aliphatic carbocycles. The Balaban J connectivity index is 1.62. The van der Waals surface area contributed by atoms with Crippen LogP contribution in [0.2, 0.25) is 0 Å². The molecule has 2 N–H and O–H groups in total. The first kappa shape index (κ1) is 13.8. The standard InChI is InChI=1S/C13H19N3O3S/c17-11-5-9(6-11)12-7-13(15-8-14-12)16-10-1-3-20(18,19)4-2-10/h7-11,17H,1-6H2,(H,14,15,16). The summed E-state index contributed by atoms with van der Waals surface area (Å²) in [6.07, 6.45) is 4.11. The number of aliphatic hydroxyl groups is 1. The van der Waals surface area contributed by atoms with Crippen molar-refractivity contribution in [2.45, 2.75) is 43.7 Å². The maximum Gasteiger partial charge on any atom is 0.150 e. The molecule has 0 amide bonds. The van der Waals surface area contributed by atoms with Crippen LogP contribution >= 0.6 is 0 Å². The zero-order valence-electron chi connectivity index (χ0n) is 11.2. The van der Waals surface area contributed by atoms with Crippen LogP contribution in [0.1, 0.15) is 37.3 Å². The van der Waals surface area contributed by atoms with Crippen molar-refractivity contribution >= 4 is 15.7 Å². The number of hydrogen-bond donors (Lipinski definition) is 2. The second kappa shape index (κ2) is 5.29. The van der Waals surface area contributed by atoms with E-state index < -0.39 is 9.84 Å². The van der Waals surface area contributed by atoms with Crippen LogP contribution in [0.4, 0.5) is 5.82 Å². The number of aliphatic hydroxyl groups excluding tert-OH is 1. The molecule has 3 rings (SSSR count). The molecule has 7 heteroatoms. The van der Waals surface area contributed by atoms with Crippen molar-refractivity contribution in [3.8, 4) is 0 Å². The van der Waals surface area contributed by atoms with Crippen molar-refractivity contribution in [2.24, 2.45) is 0 Å². The Bertz CT molecular complexity index is 570. The summed E-state index contributed by atoms with van der Waals surface area (Å²) in [5.41, 5.74) is 0.955. The molecular weight excluding hydrogens is 278 g/mol. The Labute approximate surface area is 118 Å². The number of sulfone groups is 1. The van der Waals surface area contributed by atoms with Crippen LogP contribution in [0.15, 0.2) is 12.4 Å². The lowest BCUT2D eigenvalue weighted by Crippen LogP contribution is -2.32. The average molecular weight is 297 g/mol. The van der Waals surface area contributed by atoms with Gasteiger partial charge < -0.3 is 10.4 Å². The van der Waals surface area contributed by atoms with Crippen molar-refractivity contribution in [3.63, 3.8) is 0 Å². The molecule has 1 aromatic rings. The molecule has 2 aliphatic rings. The minimum Gasteiger partial charge on any atom is -0.393 e. The van der Waals surface area contributed by atoms with Crippen molar-refractivity contribution < 1.29 is 13.5 Å². The van der Waals surface area contributed by atoms with Crippen LogP contribution in [0.3, 0.4) is 0 Å². The highest BCUT2D eigenvalue weighted by molar-refractivity contribution is 7.91. The molecule has 110 valence electrons. The summed E-state index contributed by atoms with van der Waals surface area (Å²) in [4.78, 5) is 8.45. The number of hydrogen-bond acceptors (Lipinski definition) is 6. The third kappa shape index (κ3) is 3.09. The van der Waals surface area contributed by atoms with Gasteiger partial charge in [0, 0.05) is 23.7 Å². The van der Waals surface area contributed by atoms with Crippen LogP contribution in [-0.2, 0) is 9.84 Å². The quantitative estimate of drug-likeness (QED) is 0.853. The van der Waals surface area contributed by atoms with Gasteiger partial charge in [-0.1, -0.05) is 0 Å². The Hall–Kier alpha value is -1.21. The van der Waals surface area contributed by atoms with Crippen molar-refractivity contribution in [1.29, 1.82) is 0 Å². The van der Waals surface area contributed by atoms with E-state index in [1.165, 1.54) is 6.33 Å².